The molecule has 5 rings (SSSR count). The fourth-order valence-electron chi connectivity index (χ4n) is 3.26. The largest absolute Gasteiger partial charge is 0.345 e. The molecule has 8 nitrogen and oxygen atoms in total. The lowest BCUT2D eigenvalue weighted by atomic mass is 10.1. The molecule has 0 aliphatic rings. The third-order valence-corrected chi connectivity index (χ3v) is 4.59. The Morgan fingerprint density at radius 3 is 2.85 bits per heavy atom. The summed E-state index contributed by atoms with van der Waals surface area (Å²) < 4.78 is 1.73. The van der Waals surface area contributed by atoms with E-state index < -0.39 is 0 Å². The van der Waals surface area contributed by atoms with E-state index in [1.54, 1.807) is 29.5 Å². The molecule has 0 spiro atoms. The van der Waals surface area contributed by atoms with Crippen LogP contribution in [0.15, 0.2) is 55.1 Å². The number of fused-ring (bicyclic) bond motifs is 2. The van der Waals surface area contributed by atoms with Crippen LogP contribution in [0.1, 0.15) is 16.8 Å². The summed E-state index contributed by atoms with van der Waals surface area (Å²) in [6.45, 7) is 0.434. The minimum absolute atomic E-state index is 0.0361. The van der Waals surface area contributed by atoms with Gasteiger partial charge in [-0.2, -0.15) is 0 Å². The van der Waals surface area contributed by atoms with Gasteiger partial charge in [0.15, 0.2) is 5.78 Å². The van der Waals surface area contributed by atoms with Crippen LogP contribution in [-0.4, -0.2) is 40.7 Å². The van der Waals surface area contributed by atoms with Crippen LogP contribution in [0.25, 0.3) is 33.5 Å². The highest BCUT2D eigenvalue weighted by Crippen LogP contribution is 2.23. The van der Waals surface area contributed by atoms with Crippen LogP contribution in [0.5, 0.6) is 0 Å². The first kappa shape index (κ1) is 15.4. The standard InChI is InChI=1S/C19H15N7O/c27-17(14-10-22-19-13(14)4-2-7-21-19)5-8-26-16(11-23-25-26)15-9-12-3-1-6-20-18(12)24-15/h1-4,6-7,9-11H,5,8H2,(H,20,24)(H,21,22). The van der Waals surface area contributed by atoms with Crippen LogP contribution in [0.4, 0.5) is 0 Å². The second kappa shape index (κ2) is 6.17. The maximum absolute atomic E-state index is 12.7. The third kappa shape index (κ3) is 2.67. The molecule has 0 aromatic carbocycles. The van der Waals surface area contributed by atoms with Gasteiger partial charge in [-0.25, -0.2) is 14.6 Å². The Hall–Kier alpha value is -3.81. The van der Waals surface area contributed by atoms with Crippen LogP contribution in [0, 0.1) is 0 Å². The molecule has 0 radical (unpaired) electrons. The monoisotopic (exact) mass is 357 g/mol. The van der Waals surface area contributed by atoms with Gasteiger partial charge >= 0.3 is 0 Å². The molecule has 0 bridgehead atoms. The first-order valence-corrected chi connectivity index (χ1v) is 8.57. The number of hydrogen-bond acceptors (Lipinski definition) is 5. The van der Waals surface area contributed by atoms with E-state index in [1.165, 1.54) is 0 Å². The van der Waals surface area contributed by atoms with Crippen molar-refractivity contribution in [1.82, 2.24) is 34.9 Å². The molecule has 0 amide bonds. The smallest absolute Gasteiger partial charge is 0.166 e. The van der Waals surface area contributed by atoms with Crippen molar-refractivity contribution in [1.29, 1.82) is 0 Å². The molecule has 0 atom stereocenters. The Kier molecular flexibility index (Phi) is 3.53. The summed E-state index contributed by atoms with van der Waals surface area (Å²) >= 11 is 0. The number of H-pyrrole nitrogens is 2. The summed E-state index contributed by atoms with van der Waals surface area (Å²) in [5.74, 6) is 0.0361. The summed E-state index contributed by atoms with van der Waals surface area (Å²) in [6, 6.07) is 9.61. The number of hydrogen-bond donors (Lipinski definition) is 2. The van der Waals surface area contributed by atoms with Crippen molar-refractivity contribution in [2.75, 3.05) is 0 Å². The molecule has 0 unspecified atom stereocenters. The van der Waals surface area contributed by atoms with Crippen LogP contribution < -0.4 is 0 Å². The van der Waals surface area contributed by atoms with Crippen LogP contribution >= 0.6 is 0 Å². The molecule has 0 aliphatic carbocycles. The van der Waals surface area contributed by atoms with Crippen molar-refractivity contribution in [3.05, 3.63) is 60.7 Å². The van der Waals surface area contributed by atoms with E-state index in [0.29, 0.717) is 24.2 Å². The summed E-state index contributed by atoms with van der Waals surface area (Å²) in [6.07, 6.45) is 7.16. The van der Waals surface area contributed by atoms with Gasteiger partial charge in [0.1, 0.15) is 17.0 Å². The topological polar surface area (TPSA) is 105 Å². The highest BCUT2D eigenvalue weighted by atomic mass is 16.1. The minimum atomic E-state index is 0.0361. The van der Waals surface area contributed by atoms with Gasteiger partial charge < -0.3 is 9.97 Å². The number of ketones is 1. The molecule has 2 N–H and O–H groups in total. The molecule has 0 aliphatic heterocycles. The van der Waals surface area contributed by atoms with Crippen molar-refractivity contribution in [3.8, 4) is 11.4 Å². The average Bonchev–Trinajstić information content (AvgIpc) is 3.42. The molecule has 132 valence electrons. The third-order valence-electron chi connectivity index (χ3n) is 4.59. The number of nitrogens with zero attached hydrogens (tertiary/aromatic N) is 5. The lowest BCUT2D eigenvalue weighted by Gasteiger charge is -2.04. The van der Waals surface area contributed by atoms with E-state index >= 15 is 0 Å². The van der Waals surface area contributed by atoms with Crippen molar-refractivity contribution in [2.24, 2.45) is 0 Å². The van der Waals surface area contributed by atoms with Crippen LogP contribution in [0.2, 0.25) is 0 Å². The van der Waals surface area contributed by atoms with E-state index in [-0.39, 0.29) is 5.78 Å². The quantitative estimate of drug-likeness (QED) is 0.471. The van der Waals surface area contributed by atoms with Crippen molar-refractivity contribution < 1.29 is 4.79 Å². The number of aromatic amines is 2. The predicted molar refractivity (Wildman–Crippen MR) is 100 cm³/mol. The van der Waals surface area contributed by atoms with Crippen molar-refractivity contribution in [2.45, 2.75) is 13.0 Å². The van der Waals surface area contributed by atoms with E-state index in [1.807, 2.05) is 30.3 Å². The molecule has 5 heterocycles. The highest BCUT2D eigenvalue weighted by molar-refractivity contribution is 6.07. The maximum Gasteiger partial charge on any atom is 0.166 e. The first-order chi connectivity index (χ1) is 13.3. The van der Waals surface area contributed by atoms with Crippen molar-refractivity contribution >= 4 is 27.9 Å². The Bertz CT molecular complexity index is 1230. The van der Waals surface area contributed by atoms with Gasteiger partial charge in [-0.05, 0) is 30.3 Å². The molecule has 8 heteroatoms. The highest BCUT2D eigenvalue weighted by Gasteiger charge is 2.15. The number of Topliss-reactive ketones (excluding diaryl/α,β-unsaturated/α-hetero) is 1. The van der Waals surface area contributed by atoms with E-state index in [2.05, 4.69) is 30.2 Å². The molecule has 0 saturated carbocycles. The van der Waals surface area contributed by atoms with E-state index in [9.17, 15) is 4.79 Å². The fraction of sp³-hybridized carbons (Fsp3) is 0.105. The minimum Gasteiger partial charge on any atom is -0.345 e. The number of aromatic nitrogens is 7. The zero-order valence-electron chi connectivity index (χ0n) is 14.3. The van der Waals surface area contributed by atoms with Gasteiger partial charge in [-0.1, -0.05) is 5.21 Å². The van der Waals surface area contributed by atoms with Crippen molar-refractivity contribution in [3.63, 3.8) is 0 Å². The maximum atomic E-state index is 12.7. The number of carbonyl (C=O) groups is 1. The Morgan fingerprint density at radius 2 is 1.96 bits per heavy atom. The lowest BCUT2D eigenvalue weighted by Crippen LogP contribution is -2.08. The molecule has 5 aromatic heterocycles. The molecular formula is C19H15N7O. The van der Waals surface area contributed by atoms with Gasteiger partial charge in [0, 0.05) is 41.3 Å². The number of pyridine rings is 2. The molecule has 0 saturated heterocycles. The normalized spacial score (nSPS) is 11.4. The van der Waals surface area contributed by atoms with E-state index in [4.69, 9.17) is 0 Å². The Balaban J connectivity index is 1.39. The summed E-state index contributed by atoms with van der Waals surface area (Å²) in [5, 5.41) is 9.99. The molecular weight excluding hydrogens is 342 g/mol. The SMILES string of the molecule is O=C(CCn1nncc1-c1cc2cccnc2[nH]1)c1c[nH]c2ncccc12. The summed E-state index contributed by atoms with van der Waals surface area (Å²) in [5.41, 5.74) is 3.86. The second-order valence-corrected chi connectivity index (χ2v) is 6.24. The Labute approximate surface area is 153 Å². The molecule has 5 aromatic rings. The number of rotatable bonds is 5. The number of carbonyl (C=O) groups excluding carboxylic acids is 1. The van der Waals surface area contributed by atoms with Gasteiger partial charge in [-0.3, -0.25) is 4.79 Å². The molecule has 0 fully saturated rings. The van der Waals surface area contributed by atoms with E-state index in [0.717, 1.165) is 27.8 Å². The Morgan fingerprint density at radius 1 is 1.11 bits per heavy atom. The first-order valence-electron chi connectivity index (χ1n) is 8.57. The summed E-state index contributed by atoms with van der Waals surface area (Å²) in [4.78, 5) is 27.5. The summed E-state index contributed by atoms with van der Waals surface area (Å²) in [7, 11) is 0. The van der Waals surface area contributed by atoms with Gasteiger partial charge in [0.05, 0.1) is 18.4 Å². The average molecular weight is 357 g/mol. The van der Waals surface area contributed by atoms with Gasteiger partial charge in [0.2, 0.25) is 0 Å². The fourth-order valence-corrected chi connectivity index (χ4v) is 3.26. The van der Waals surface area contributed by atoms with Gasteiger partial charge in [0.25, 0.3) is 0 Å². The predicted octanol–water partition coefficient (Wildman–Crippen LogP) is 2.97. The lowest BCUT2D eigenvalue weighted by molar-refractivity contribution is 0.0977. The number of nitrogens with one attached hydrogen (secondary N) is 2. The zero-order chi connectivity index (χ0) is 18.2. The van der Waals surface area contributed by atoms with Crippen LogP contribution in [-0.2, 0) is 6.54 Å². The van der Waals surface area contributed by atoms with Crippen LogP contribution in [0.3, 0.4) is 0 Å². The zero-order valence-corrected chi connectivity index (χ0v) is 14.3. The molecule has 27 heavy (non-hydrogen) atoms. The van der Waals surface area contributed by atoms with Gasteiger partial charge in [-0.15, -0.1) is 5.10 Å². The number of aryl methyl sites for hydroxylation is 1. The second-order valence-electron chi connectivity index (χ2n) is 6.24.